The number of hydrogen-bond donors (Lipinski definition) is 0. The molecule has 0 N–H and O–H groups in total. The van der Waals surface area contributed by atoms with E-state index in [1.807, 2.05) is 0 Å². The van der Waals surface area contributed by atoms with E-state index in [4.69, 9.17) is 0 Å². The molecule has 0 saturated carbocycles. The Kier molecular flexibility index (Phi) is 2.65. The van der Waals surface area contributed by atoms with Crippen LogP contribution in [-0.4, -0.2) is 23.2 Å². The maximum absolute atomic E-state index is 11.9. The fraction of sp³-hybridized carbons (Fsp3) is 0.167. The van der Waals surface area contributed by atoms with Gasteiger partial charge in [-0.25, -0.2) is 9.97 Å². The van der Waals surface area contributed by atoms with Gasteiger partial charge in [-0.15, -0.1) is 0 Å². The van der Waals surface area contributed by atoms with Gasteiger partial charge in [0.05, 0.1) is 0 Å². The van der Waals surface area contributed by atoms with Crippen molar-refractivity contribution in [1.82, 2.24) is 9.97 Å². The third-order valence-electron chi connectivity index (χ3n) is 1.39. The second-order valence-electron chi connectivity index (χ2n) is 2.47. The number of nitrogens with zero attached hydrogens (tertiary/aromatic N) is 2. The summed E-state index contributed by atoms with van der Waals surface area (Å²) in [5.41, 5.74) is -0.376. The van der Waals surface area contributed by atoms with Crippen LogP contribution < -0.4 is 0 Å². The lowest BCUT2D eigenvalue weighted by Crippen LogP contribution is -2.20. The fourth-order valence-corrected chi connectivity index (χ4v) is 0.881. The van der Waals surface area contributed by atoms with E-state index in [9.17, 15) is 17.7 Å². The fourth-order valence-electron chi connectivity index (χ4n) is 0.881. The van der Waals surface area contributed by atoms with Gasteiger partial charge in [0.2, 0.25) is 0 Å². The van der Waals surface area contributed by atoms with Crippen molar-refractivity contribution >= 4 is 13.3 Å². The Morgan fingerprint density at radius 2 is 2.15 bits per heavy atom. The maximum Gasteiger partial charge on any atom is 0.482 e. The van der Waals surface area contributed by atoms with E-state index in [1.165, 1.54) is 0 Å². The van der Waals surface area contributed by atoms with Gasteiger partial charge in [0, 0.05) is 6.20 Å². The molecule has 0 aromatic carbocycles. The van der Waals surface area contributed by atoms with E-state index in [0.29, 0.717) is 6.29 Å². The van der Waals surface area contributed by atoms with Gasteiger partial charge in [-0.05, 0) is 5.56 Å². The molecule has 0 aliphatic carbocycles. The van der Waals surface area contributed by atoms with Gasteiger partial charge >= 0.3 is 6.98 Å². The molecule has 0 bridgehead atoms. The van der Waals surface area contributed by atoms with E-state index < -0.39 is 13.3 Å². The van der Waals surface area contributed by atoms with Crippen LogP contribution in [-0.2, 0) is 6.32 Å². The molecule has 0 fully saturated rings. The first kappa shape index (κ1) is 9.69. The van der Waals surface area contributed by atoms with Crippen LogP contribution in [0.1, 0.15) is 16.1 Å². The lowest BCUT2D eigenvalue weighted by Gasteiger charge is -2.13. The molecule has 0 spiro atoms. The minimum absolute atomic E-state index is 0.176. The first-order chi connectivity index (χ1) is 6.03. The first-order valence-corrected chi connectivity index (χ1v) is 3.48. The monoisotopic (exact) mass is 189 g/mol. The van der Waals surface area contributed by atoms with Gasteiger partial charge < -0.3 is 12.9 Å². The number of aromatic nitrogens is 2. The van der Waals surface area contributed by atoms with Crippen molar-refractivity contribution in [2.75, 3.05) is 0 Å². The lowest BCUT2D eigenvalue weighted by molar-refractivity contribution is 0.111. The van der Waals surface area contributed by atoms with Crippen molar-refractivity contribution in [2.24, 2.45) is 0 Å². The van der Waals surface area contributed by atoms with Gasteiger partial charge in [-0.2, -0.15) is 0 Å². The van der Waals surface area contributed by atoms with Crippen molar-refractivity contribution < 1.29 is 17.7 Å². The number of hydrogen-bond acceptors (Lipinski definition) is 3. The predicted octanol–water partition coefficient (Wildman–Crippen LogP) is 1.22. The van der Waals surface area contributed by atoms with E-state index in [-0.39, 0.29) is 11.3 Å². The third-order valence-corrected chi connectivity index (χ3v) is 1.39. The molecule has 0 radical (unpaired) electrons. The summed E-state index contributed by atoms with van der Waals surface area (Å²) >= 11 is 0. The molecule has 13 heavy (non-hydrogen) atoms. The van der Waals surface area contributed by atoms with Crippen LogP contribution in [0.3, 0.4) is 0 Å². The SMILES string of the molecule is O=Cc1ncncc1C[B-](F)(F)F. The number of halogens is 3. The Hall–Kier alpha value is -1.40. The minimum Gasteiger partial charge on any atom is -0.449 e. The summed E-state index contributed by atoms with van der Waals surface area (Å²) in [7, 11) is 0. The van der Waals surface area contributed by atoms with Crippen molar-refractivity contribution in [2.45, 2.75) is 6.32 Å². The smallest absolute Gasteiger partial charge is 0.449 e. The Bertz CT molecular complexity index is 315. The van der Waals surface area contributed by atoms with Crippen LogP contribution in [0.25, 0.3) is 0 Å². The average Bonchev–Trinajstić information content (AvgIpc) is 2.02. The van der Waals surface area contributed by atoms with Gasteiger partial charge in [0.1, 0.15) is 12.0 Å². The highest BCUT2D eigenvalue weighted by Crippen LogP contribution is 2.16. The minimum atomic E-state index is -4.95. The molecule has 1 heterocycles. The van der Waals surface area contributed by atoms with E-state index in [1.54, 1.807) is 0 Å². The van der Waals surface area contributed by atoms with Crippen LogP contribution in [0, 0.1) is 0 Å². The van der Waals surface area contributed by atoms with Crippen LogP contribution in [0.4, 0.5) is 12.9 Å². The maximum atomic E-state index is 11.9. The highest BCUT2D eigenvalue weighted by Gasteiger charge is 2.24. The zero-order chi connectivity index (χ0) is 9.90. The molecular weight excluding hydrogens is 184 g/mol. The molecular formula is C6H5BF3N2O-. The number of aldehydes is 1. The molecule has 70 valence electrons. The van der Waals surface area contributed by atoms with Crippen LogP contribution in [0.5, 0.6) is 0 Å². The average molecular weight is 189 g/mol. The van der Waals surface area contributed by atoms with Gasteiger partial charge in [-0.1, -0.05) is 6.32 Å². The topological polar surface area (TPSA) is 42.9 Å². The Balaban J connectivity index is 2.94. The zero-order valence-corrected chi connectivity index (χ0v) is 6.45. The zero-order valence-electron chi connectivity index (χ0n) is 6.45. The van der Waals surface area contributed by atoms with Gasteiger partial charge in [0.25, 0.3) is 0 Å². The van der Waals surface area contributed by atoms with E-state index >= 15 is 0 Å². The van der Waals surface area contributed by atoms with E-state index in [0.717, 1.165) is 12.5 Å². The number of carbonyl (C=O) groups excluding carboxylic acids is 1. The summed E-state index contributed by atoms with van der Waals surface area (Å²) in [6, 6.07) is 0. The van der Waals surface area contributed by atoms with E-state index in [2.05, 4.69) is 9.97 Å². The quantitative estimate of drug-likeness (QED) is 0.530. The second kappa shape index (κ2) is 3.55. The Morgan fingerprint density at radius 1 is 1.46 bits per heavy atom. The van der Waals surface area contributed by atoms with Gasteiger partial charge in [-0.3, -0.25) is 4.79 Å². The summed E-state index contributed by atoms with van der Waals surface area (Å²) in [5, 5.41) is 0. The summed E-state index contributed by atoms with van der Waals surface area (Å²) in [5.74, 6) is 0. The molecule has 1 aromatic heterocycles. The molecule has 0 atom stereocenters. The molecule has 0 aliphatic rings. The molecule has 0 unspecified atom stereocenters. The molecule has 7 heteroatoms. The van der Waals surface area contributed by atoms with Crippen LogP contribution in [0.15, 0.2) is 12.5 Å². The molecule has 0 amide bonds. The second-order valence-corrected chi connectivity index (χ2v) is 2.47. The highest BCUT2D eigenvalue weighted by atomic mass is 19.4. The Morgan fingerprint density at radius 3 is 2.69 bits per heavy atom. The predicted molar refractivity (Wildman–Crippen MR) is 40.2 cm³/mol. The number of rotatable bonds is 3. The summed E-state index contributed by atoms with van der Waals surface area (Å²) < 4.78 is 35.8. The molecule has 0 saturated heterocycles. The number of carbonyl (C=O) groups is 1. The lowest BCUT2D eigenvalue weighted by atomic mass is 9.82. The van der Waals surface area contributed by atoms with Crippen LogP contribution in [0.2, 0.25) is 0 Å². The normalized spacial score (nSPS) is 11.3. The molecule has 0 aliphatic heterocycles. The molecule has 3 nitrogen and oxygen atoms in total. The molecule has 1 rings (SSSR count). The first-order valence-electron chi connectivity index (χ1n) is 3.48. The standard InChI is InChI=1S/C6H5BF3N2O/c8-7(9,10)1-5-2-11-4-12-6(5)3-13/h2-4H,1H2/q-1. The van der Waals surface area contributed by atoms with Crippen molar-refractivity contribution in [1.29, 1.82) is 0 Å². The van der Waals surface area contributed by atoms with Crippen molar-refractivity contribution in [3.63, 3.8) is 0 Å². The summed E-state index contributed by atoms with van der Waals surface area (Å²) in [6.45, 7) is -4.95. The van der Waals surface area contributed by atoms with Crippen LogP contribution >= 0.6 is 0 Å². The summed E-state index contributed by atoms with van der Waals surface area (Å²) in [6.07, 6.45) is 1.22. The molecule has 1 aromatic rings. The third kappa shape index (κ3) is 2.85. The van der Waals surface area contributed by atoms with Crippen molar-refractivity contribution in [3.8, 4) is 0 Å². The largest absolute Gasteiger partial charge is 0.482 e. The highest BCUT2D eigenvalue weighted by molar-refractivity contribution is 6.57. The van der Waals surface area contributed by atoms with Gasteiger partial charge in [0.15, 0.2) is 6.29 Å². The Labute approximate surface area is 72.1 Å². The summed E-state index contributed by atoms with van der Waals surface area (Å²) in [4.78, 5) is 17.1. The van der Waals surface area contributed by atoms with Crippen molar-refractivity contribution in [3.05, 3.63) is 23.8 Å².